The molecule has 5 heteroatoms. The molecule has 0 bridgehead atoms. The minimum Gasteiger partial charge on any atom is -0.497 e. The number of hydrogen-bond donors (Lipinski definition) is 1. The predicted molar refractivity (Wildman–Crippen MR) is 72.3 cm³/mol. The normalized spacial score (nSPS) is 11.8. The van der Waals surface area contributed by atoms with Gasteiger partial charge in [-0.15, -0.1) is 0 Å². The summed E-state index contributed by atoms with van der Waals surface area (Å²) in [6, 6.07) is 5.18. The van der Waals surface area contributed by atoms with Crippen LogP contribution in [0.3, 0.4) is 0 Å². The Bertz CT molecular complexity index is 420. The Labute approximate surface area is 113 Å². The van der Waals surface area contributed by atoms with Crippen molar-refractivity contribution in [2.75, 3.05) is 20.8 Å². The van der Waals surface area contributed by atoms with Gasteiger partial charge in [-0.2, -0.15) is 0 Å². The van der Waals surface area contributed by atoms with Gasteiger partial charge < -0.3 is 19.9 Å². The molecule has 19 heavy (non-hydrogen) atoms. The van der Waals surface area contributed by atoms with Crippen molar-refractivity contribution in [2.24, 2.45) is 5.73 Å². The van der Waals surface area contributed by atoms with E-state index in [1.807, 2.05) is 12.1 Å². The molecule has 5 nitrogen and oxygen atoms in total. The molecule has 1 aromatic carbocycles. The van der Waals surface area contributed by atoms with Crippen molar-refractivity contribution in [3.8, 4) is 11.5 Å². The van der Waals surface area contributed by atoms with E-state index in [-0.39, 0.29) is 12.0 Å². The predicted octanol–water partition coefficient (Wildman–Crippen LogP) is 2.05. The zero-order valence-corrected chi connectivity index (χ0v) is 11.6. The molecule has 0 spiro atoms. The highest BCUT2D eigenvalue weighted by atomic mass is 16.5. The lowest BCUT2D eigenvalue weighted by Gasteiger charge is -2.16. The summed E-state index contributed by atoms with van der Waals surface area (Å²) in [4.78, 5) is 11.3. The Hall–Kier alpha value is -1.75. The summed E-state index contributed by atoms with van der Waals surface area (Å²) >= 11 is 0. The van der Waals surface area contributed by atoms with E-state index < -0.39 is 0 Å². The quantitative estimate of drug-likeness (QED) is 0.765. The third-order valence-electron chi connectivity index (χ3n) is 2.80. The van der Waals surface area contributed by atoms with Gasteiger partial charge in [-0.1, -0.05) is 6.07 Å². The Kier molecular flexibility index (Phi) is 6.15. The van der Waals surface area contributed by atoms with Gasteiger partial charge in [-0.3, -0.25) is 4.79 Å². The second kappa shape index (κ2) is 7.63. The molecule has 0 amide bonds. The fourth-order valence-electron chi connectivity index (χ4n) is 1.79. The molecule has 0 saturated heterocycles. The average molecular weight is 267 g/mol. The fourth-order valence-corrected chi connectivity index (χ4v) is 1.79. The minimum absolute atomic E-state index is 0.231. The van der Waals surface area contributed by atoms with Gasteiger partial charge in [0.1, 0.15) is 11.5 Å². The Morgan fingerprint density at radius 3 is 2.63 bits per heavy atom. The summed E-state index contributed by atoms with van der Waals surface area (Å²) < 4.78 is 15.3. The number of nitrogens with two attached hydrogens (primary N) is 1. The number of benzene rings is 1. The number of ether oxygens (including phenoxy) is 3. The number of methoxy groups -OCH3 is 2. The average Bonchev–Trinajstić information content (AvgIpc) is 2.44. The van der Waals surface area contributed by atoms with Crippen molar-refractivity contribution in [1.82, 2.24) is 0 Å². The maximum absolute atomic E-state index is 11.3. The van der Waals surface area contributed by atoms with Crippen LogP contribution < -0.4 is 15.2 Å². The maximum Gasteiger partial charge on any atom is 0.305 e. The molecular weight excluding hydrogens is 246 g/mol. The molecule has 0 radical (unpaired) electrons. The van der Waals surface area contributed by atoms with Crippen LogP contribution in [0.5, 0.6) is 11.5 Å². The van der Waals surface area contributed by atoms with Crippen LogP contribution in [0.25, 0.3) is 0 Å². The van der Waals surface area contributed by atoms with Crippen molar-refractivity contribution in [2.45, 2.75) is 25.8 Å². The first-order valence-electron chi connectivity index (χ1n) is 6.25. The first-order chi connectivity index (χ1) is 9.12. The molecule has 106 valence electrons. The number of esters is 1. The first kappa shape index (κ1) is 15.3. The molecule has 1 atom stereocenters. The van der Waals surface area contributed by atoms with Gasteiger partial charge in [0.2, 0.25) is 0 Å². The van der Waals surface area contributed by atoms with Crippen LogP contribution in [0, 0.1) is 0 Å². The Balaban J connectivity index is 2.70. The van der Waals surface area contributed by atoms with E-state index in [0.717, 1.165) is 5.56 Å². The molecule has 1 rings (SSSR count). The van der Waals surface area contributed by atoms with Crippen LogP contribution >= 0.6 is 0 Å². The van der Waals surface area contributed by atoms with E-state index in [9.17, 15) is 4.79 Å². The van der Waals surface area contributed by atoms with E-state index in [1.54, 1.807) is 27.2 Å². The lowest BCUT2D eigenvalue weighted by molar-refractivity contribution is -0.143. The van der Waals surface area contributed by atoms with Crippen molar-refractivity contribution in [1.29, 1.82) is 0 Å². The molecular formula is C14H21NO4. The summed E-state index contributed by atoms with van der Waals surface area (Å²) in [7, 11) is 3.17. The van der Waals surface area contributed by atoms with Crippen LogP contribution in [0.1, 0.15) is 31.4 Å². The zero-order chi connectivity index (χ0) is 14.3. The van der Waals surface area contributed by atoms with Gasteiger partial charge in [0.05, 0.1) is 20.8 Å². The molecule has 0 saturated carbocycles. The highest BCUT2D eigenvalue weighted by Gasteiger charge is 2.14. The number of carbonyl (C=O) groups is 1. The van der Waals surface area contributed by atoms with E-state index in [0.29, 0.717) is 30.9 Å². The molecule has 1 aromatic rings. The second-order valence-corrected chi connectivity index (χ2v) is 4.06. The van der Waals surface area contributed by atoms with Crippen LogP contribution in [0.2, 0.25) is 0 Å². The molecule has 0 aromatic heterocycles. The minimum atomic E-state index is -0.273. The Morgan fingerprint density at radius 1 is 1.32 bits per heavy atom. The van der Waals surface area contributed by atoms with E-state index in [1.165, 1.54) is 0 Å². The second-order valence-electron chi connectivity index (χ2n) is 4.06. The fraction of sp³-hybridized carbons (Fsp3) is 0.500. The lowest BCUT2D eigenvalue weighted by Crippen LogP contribution is -2.14. The number of carbonyl (C=O) groups excluding carboxylic acids is 1. The summed E-state index contributed by atoms with van der Waals surface area (Å²) in [5, 5.41) is 0. The standard InChI is InChI=1S/C14H21NO4/c1-4-19-14(16)8-7-12(15)11-6-5-10(17-2)9-13(11)18-3/h5-6,9,12H,4,7-8,15H2,1-3H3. The Morgan fingerprint density at radius 2 is 2.05 bits per heavy atom. The summed E-state index contributed by atoms with van der Waals surface area (Å²) in [6.07, 6.45) is 0.811. The zero-order valence-electron chi connectivity index (χ0n) is 11.6. The van der Waals surface area contributed by atoms with Crippen LogP contribution in [-0.2, 0) is 9.53 Å². The molecule has 0 aliphatic heterocycles. The summed E-state index contributed by atoms with van der Waals surface area (Å²) in [5.74, 6) is 1.14. The van der Waals surface area contributed by atoms with Crippen molar-refractivity contribution < 1.29 is 19.0 Å². The molecule has 1 unspecified atom stereocenters. The number of rotatable bonds is 7. The van der Waals surface area contributed by atoms with Crippen LogP contribution in [0.4, 0.5) is 0 Å². The molecule has 0 fully saturated rings. The largest absolute Gasteiger partial charge is 0.497 e. The van der Waals surface area contributed by atoms with E-state index in [4.69, 9.17) is 19.9 Å². The van der Waals surface area contributed by atoms with Crippen LogP contribution in [0.15, 0.2) is 18.2 Å². The topological polar surface area (TPSA) is 70.8 Å². The van der Waals surface area contributed by atoms with E-state index in [2.05, 4.69) is 0 Å². The molecule has 0 aliphatic rings. The van der Waals surface area contributed by atoms with Crippen molar-refractivity contribution >= 4 is 5.97 Å². The number of hydrogen-bond acceptors (Lipinski definition) is 5. The maximum atomic E-state index is 11.3. The highest BCUT2D eigenvalue weighted by Crippen LogP contribution is 2.30. The van der Waals surface area contributed by atoms with Gasteiger partial charge in [0.15, 0.2) is 0 Å². The highest BCUT2D eigenvalue weighted by molar-refractivity contribution is 5.69. The van der Waals surface area contributed by atoms with Crippen molar-refractivity contribution in [3.63, 3.8) is 0 Å². The monoisotopic (exact) mass is 267 g/mol. The SMILES string of the molecule is CCOC(=O)CCC(N)c1ccc(OC)cc1OC. The molecule has 2 N–H and O–H groups in total. The van der Waals surface area contributed by atoms with Gasteiger partial charge in [0, 0.05) is 24.1 Å². The van der Waals surface area contributed by atoms with Gasteiger partial charge in [-0.25, -0.2) is 0 Å². The molecule has 0 heterocycles. The summed E-state index contributed by atoms with van der Waals surface area (Å²) in [5.41, 5.74) is 6.93. The summed E-state index contributed by atoms with van der Waals surface area (Å²) in [6.45, 7) is 2.17. The van der Waals surface area contributed by atoms with Gasteiger partial charge in [0.25, 0.3) is 0 Å². The first-order valence-corrected chi connectivity index (χ1v) is 6.25. The lowest BCUT2D eigenvalue weighted by atomic mass is 10.0. The van der Waals surface area contributed by atoms with Gasteiger partial charge in [-0.05, 0) is 19.4 Å². The third-order valence-corrected chi connectivity index (χ3v) is 2.80. The van der Waals surface area contributed by atoms with Crippen molar-refractivity contribution in [3.05, 3.63) is 23.8 Å². The van der Waals surface area contributed by atoms with Crippen LogP contribution in [-0.4, -0.2) is 26.8 Å². The third kappa shape index (κ3) is 4.44. The molecule has 0 aliphatic carbocycles. The van der Waals surface area contributed by atoms with E-state index >= 15 is 0 Å². The van der Waals surface area contributed by atoms with Gasteiger partial charge >= 0.3 is 5.97 Å². The smallest absolute Gasteiger partial charge is 0.305 e.